The zero-order valence-corrected chi connectivity index (χ0v) is 21.5. The number of nitrogens with two attached hydrogens (primary N) is 1. The Morgan fingerprint density at radius 1 is 1.38 bits per heavy atom. The quantitative estimate of drug-likeness (QED) is 0.150. The zero-order valence-electron chi connectivity index (χ0n) is 19.1. The number of nitro groups is 1. The number of aromatic nitrogens is 1. The maximum Gasteiger partial charge on any atom is 0.356 e. The third-order valence-electron chi connectivity index (χ3n) is 5.18. The number of oxime groups is 1. The first kappa shape index (κ1) is 26.4. The van der Waals surface area contributed by atoms with Crippen molar-refractivity contribution in [2.45, 2.75) is 24.9 Å². The van der Waals surface area contributed by atoms with E-state index in [-0.39, 0.29) is 51.9 Å². The number of esters is 1. The molecule has 1 fully saturated rings. The van der Waals surface area contributed by atoms with Crippen LogP contribution < -0.4 is 11.1 Å². The van der Waals surface area contributed by atoms with Gasteiger partial charge in [-0.05, 0) is 24.6 Å². The van der Waals surface area contributed by atoms with Gasteiger partial charge in [-0.1, -0.05) is 16.8 Å². The van der Waals surface area contributed by atoms with Crippen molar-refractivity contribution in [1.29, 1.82) is 0 Å². The van der Waals surface area contributed by atoms with E-state index in [2.05, 4.69) is 15.5 Å². The van der Waals surface area contributed by atoms with Crippen molar-refractivity contribution in [2.75, 3.05) is 18.1 Å². The number of nitro benzene ring substituents is 1. The normalized spacial score (nSPS) is 19.1. The molecule has 0 radical (unpaired) electrons. The minimum Gasteiger partial charge on any atom is -0.456 e. The summed E-state index contributed by atoms with van der Waals surface area (Å²) in [5, 5.41) is 18.5. The highest BCUT2D eigenvalue weighted by atomic mass is 35.5. The number of anilines is 1. The fraction of sp³-hybridized carbons (Fsp3) is 0.286. The zero-order chi connectivity index (χ0) is 26.7. The molecule has 0 aliphatic carbocycles. The number of nitrogens with one attached hydrogen (secondary N) is 1. The average molecular weight is 567 g/mol. The Kier molecular flexibility index (Phi) is 7.94. The fourth-order valence-electron chi connectivity index (χ4n) is 3.44. The topological polar surface area (TPSA) is 179 Å². The van der Waals surface area contributed by atoms with Gasteiger partial charge >= 0.3 is 5.97 Å². The van der Waals surface area contributed by atoms with Crippen LogP contribution in [0.25, 0.3) is 0 Å². The molecule has 37 heavy (non-hydrogen) atoms. The third kappa shape index (κ3) is 5.52. The van der Waals surface area contributed by atoms with Crippen LogP contribution in [0.2, 0.25) is 0 Å². The van der Waals surface area contributed by atoms with Crippen molar-refractivity contribution < 1.29 is 28.9 Å². The predicted molar refractivity (Wildman–Crippen MR) is 135 cm³/mol. The van der Waals surface area contributed by atoms with Crippen LogP contribution >= 0.6 is 34.7 Å². The summed E-state index contributed by atoms with van der Waals surface area (Å²) in [6.45, 7) is 1.72. The van der Waals surface area contributed by atoms with Crippen LogP contribution in [0.4, 0.5) is 10.8 Å². The van der Waals surface area contributed by atoms with E-state index in [0.717, 1.165) is 11.3 Å². The first-order valence-electron chi connectivity index (χ1n) is 10.7. The minimum atomic E-state index is -0.956. The van der Waals surface area contributed by atoms with Crippen LogP contribution in [0.1, 0.15) is 18.2 Å². The molecule has 13 nitrogen and oxygen atoms in total. The first-order valence-corrected chi connectivity index (χ1v) is 13.0. The lowest BCUT2D eigenvalue weighted by molar-refractivity contribution is -0.384. The Morgan fingerprint density at radius 2 is 2.11 bits per heavy atom. The fourth-order valence-corrected chi connectivity index (χ4v) is 5.54. The maximum atomic E-state index is 13.0. The van der Waals surface area contributed by atoms with Gasteiger partial charge in [-0.3, -0.25) is 24.6 Å². The molecule has 2 atom stereocenters. The lowest BCUT2D eigenvalue weighted by atomic mass is 10.0. The number of carbonyl (C=O) groups excluding carboxylic acids is 3. The second-order valence-corrected chi connectivity index (χ2v) is 9.99. The number of fused-ring (bicyclic) bond motifs is 1. The van der Waals surface area contributed by atoms with E-state index in [1.807, 2.05) is 0 Å². The van der Waals surface area contributed by atoms with Gasteiger partial charge in [0.1, 0.15) is 36.0 Å². The number of hydrogen-bond acceptors (Lipinski definition) is 12. The monoisotopic (exact) mass is 566 g/mol. The van der Waals surface area contributed by atoms with Crippen molar-refractivity contribution in [1.82, 2.24) is 15.2 Å². The van der Waals surface area contributed by atoms with Gasteiger partial charge in [0.15, 0.2) is 10.8 Å². The largest absolute Gasteiger partial charge is 0.456 e. The number of nitrogens with zero attached hydrogens (tertiary/aromatic N) is 4. The molecule has 0 saturated carbocycles. The number of amides is 2. The molecule has 2 aliphatic heterocycles. The molecular weight excluding hydrogens is 548 g/mol. The number of carbonyl (C=O) groups is 3. The lowest BCUT2D eigenvalue weighted by Gasteiger charge is -2.49. The average Bonchev–Trinajstić information content (AvgIpc) is 3.31. The molecule has 3 N–H and O–H groups in total. The van der Waals surface area contributed by atoms with Gasteiger partial charge in [0.2, 0.25) is 0 Å². The molecule has 2 aromatic rings. The summed E-state index contributed by atoms with van der Waals surface area (Å²) in [4.78, 5) is 59.2. The molecule has 2 aliphatic rings. The van der Waals surface area contributed by atoms with E-state index in [1.54, 1.807) is 12.3 Å². The first-order chi connectivity index (χ1) is 17.7. The van der Waals surface area contributed by atoms with Crippen molar-refractivity contribution in [3.8, 4) is 0 Å². The van der Waals surface area contributed by atoms with E-state index < -0.39 is 34.1 Å². The molecule has 194 valence electrons. The highest BCUT2D eigenvalue weighted by molar-refractivity contribution is 8.00. The molecule has 2 amide bonds. The molecule has 1 unspecified atom stereocenters. The van der Waals surface area contributed by atoms with Gasteiger partial charge in [0, 0.05) is 23.3 Å². The van der Waals surface area contributed by atoms with Crippen LogP contribution in [0.3, 0.4) is 0 Å². The molecule has 16 heteroatoms. The van der Waals surface area contributed by atoms with Gasteiger partial charge < -0.3 is 20.6 Å². The Morgan fingerprint density at radius 3 is 2.73 bits per heavy atom. The van der Waals surface area contributed by atoms with Gasteiger partial charge in [-0.25, -0.2) is 9.78 Å². The number of β-lactam (4-membered cyclic amide) rings is 1. The summed E-state index contributed by atoms with van der Waals surface area (Å²) in [6, 6.07) is 4.54. The van der Waals surface area contributed by atoms with Crippen LogP contribution in [0, 0.1) is 10.1 Å². The summed E-state index contributed by atoms with van der Waals surface area (Å²) < 4.78 is 5.30. The number of hydrogen-bond donors (Lipinski definition) is 2. The van der Waals surface area contributed by atoms with Crippen LogP contribution in [0.15, 0.2) is 45.5 Å². The Hall–Kier alpha value is -3.69. The van der Waals surface area contributed by atoms with Gasteiger partial charge in [-0.15, -0.1) is 23.1 Å². The van der Waals surface area contributed by atoms with Crippen LogP contribution in [0.5, 0.6) is 0 Å². The third-order valence-corrected chi connectivity index (χ3v) is 7.61. The molecule has 4 rings (SSSR count). The molecule has 0 spiro atoms. The highest BCUT2D eigenvalue weighted by Gasteiger charge is 2.54. The Bertz CT molecular complexity index is 1310. The summed E-state index contributed by atoms with van der Waals surface area (Å²) in [6.07, 6.45) is 0. The summed E-state index contributed by atoms with van der Waals surface area (Å²) in [5.41, 5.74) is 6.02. The number of rotatable bonds is 9. The van der Waals surface area contributed by atoms with Crippen LogP contribution in [-0.2, 0) is 30.6 Å². The second kappa shape index (κ2) is 11.1. The molecule has 3 heterocycles. The van der Waals surface area contributed by atoms with Gasteiger partial charge in [0.25, 0.3) is 17.5 Å². The number of non-ortho nitro benzene ring substituents is 1. The number of thiazole rings is 1. The maximum absolute atomic E-state index is 13.0. The highest BCUT2D eigenvalue weighted by Crippen LogP contribution is 2.41. The number of halogens is 1. The van der Waals surface area contributed by atoms with Crippen molar-refractivity contribution in [3.63, 3.8) is 0 Å². The van der Waals surface area contributed by atoms with Crippen molar-refractivity contribution >= 4 is 69.0 Å². The van der Waals surface area contributed by atoms with Crippen LogP contribution in [-0.4, -0.2) is 62.1 Å². The molecule has 0 bridgehead atoms. The summed E-state index contributed by atoms with van der Waals surface area (Å²) in [7, 11) is 0. The molecular formula is C21H19ClN6O7S2. The number of benzene rings is 1. The van der Waals surface area contributed by atoms with E-state index >= 15 is 0 Å². The SMILES string of the molecule is CCO/N=C(/C(=O)NC1C(=O)N2C(C(=O)OCc3ccc([N+](=O)[O-])cc3)=C(Cl)CS[C@H]12)c1csc(N)n1. The van der Waals surface area contributed by atoms with E-state index in [1.165, 1.54) is 40.9 Å². The number of thioether (sulfide) groups is 1. The summed E-state index contributed by atoms with van der Waals surface area (Å²) >= 11 is 8.65. The van der Waals surface area contributed by atoms with Gasteiger partial charge in [0.05, 0.1) is 9.96 Å². The molecule has 1 aromatic carbocycles. The number of ether oxygens (including phenoxy) is 1. The van der Waals surface area contributed by atoms with Gasteiger partial charge in [-0.2, -0.15) is 0 Å². The second-order valence-electron chi connectivity index (χ2n) is 7.54. The Balaban J connectivity index is 1.43. The predicted octanol–water partition coefficient (Wildman–Crippen LogP) is 1.97. The smallest absolute Gasteiger partial charge is 0.356 e. The number of nitrogen functional groups attached to an aromatic ring is 1. The molecule has 1 aromatic heterocycles. The standard InChI is InChI=1S/C21H19ClN6O7S2/c1-2-35-26-14(13-9-37-21(23)24-13)17(29)25-15-18(30)27-16(12(22)8-36-19(15)27)20(31)34-7-10-3-5-11(6-4-10)28(32)33/h3-6,9,15,19H,2,7-8H2,1H3,(H2,23,24)(H,25,29)/b26-14+/t15?,19-/m1/s1. The summed E-state index contributed by atoms with van der Waals surface area (Å²) in [5.74, 6) is -1.87. The Labute approximate surface area is 222 Å². The van der Waals surface area contributed by atoms with E-state index in [9.17, 15) is 24.5 Å². The van der Waals surface area contributed by atoms with E-state index in [0.29, 0.717) is 5.56 Å². The van der Waals surface area contributed by atoms with Crippen molar-refractivity contribution in [2.24, 2.45) is 5.16 Å². The van der Waals surface area contributed by atoms with Crippen molar-refractivity contribution in [3.05, 3.63) is 61.7 Å². The molecule has 1 saturated heterocycles. The minimum absolute atomic E-state index is 0.0973. The van der Waals surface area contributed by atoms with E-state index in [4.69, 9.17) is 26.9 Å². The lowest BCUT2D eigenvalue weighted by Crippen LogP contribution is -2.71.